The second kappa shape index (κ2) is 7.05. The van der Waals surface area contributed by atoms with E-state index in [1.165, 1.54) is 5.56 Å². The summed E-state index contributed by atoms with van der Waals surface area (Å²) >= 11 is 1.54. The van der Waals surface area contributed by atoms with Crippen molar-refractivity contribution in [3.8, 4) is 0 Å². The predicted molar refractivity (Wildman–Crippen MR) is 81.5 cm³/mol. The molecule has 0 fully saturated rings. The summed E-state index contributed by atoms with van der Waals surface area (Å²) < 4.78 is 4.90. The number of rotatable bonds is 6. The van der Waals surface area contributed by atoms with Gasteiger partial charge in [0.15, 0.2) is 5.13 Å². The van der Waals surface area contributed by atoms with Gasteiger partial charge < -0.3 is 10.1 Å². The van der Waals surface area contributed by atoms with E-state index in [9.17, 15) is 4.79 Å². The largest absolute Gasteiger partial charge is 0.466 e. The molecule has 0 spiro atoms. The second-order valence-corrected chi connectivity index (χ2v) is 5.25. The summed E-state index contributed by atoms with van der Waals surface area (Å²) in [5.41, 5.74) is 3.15. The van der Waals surface area contributed by atoms with E-state index in [0.717, 1.165) is 16.5 Å². The average Bonchev–Trinajstić information content (AvgIpc) is 2.87. The summed E-state index contributed by atoms with van der Waals surface area (Å²) in [4.78, 5) is 15.8. The third-order valence-corrected chi connectivity index (χ3v) is 3.64. The molecule has 1 aromatic heterocycles. The minimum Gasteiger partial charge on any atom is -0.466 e. The van der Waals surface area contributed by atoms with Crippen molar-refractivity contribution >= 4 is 28.1 Å². The Morgan fingerprint density at radius 1 is 1.40 bits per heavy atom. The van der Waals surface area contributed by atoms with Crippen molar-refractivity contribution in [1.29, 1.82) is 0 Å². The topological polar surface area (TPSA) is 51.2 Å². The molecule has 4 nitrogen and oxygen atoms in total. The van der Waals surface area contributed by atoms with Gasteiger partial charge in [0.25, 0.3) is 0 Å². The third-order valence-electron chi connectivity index (χ3n) is 2.83. The van der Waals surface area contributed by atoms with Crippen molar-refractivity contribution in [2.75, 3.05) is 11.9 Å². The minimum atomic E-state index is -0.172. The Kier molecular flexibility index (Phi) is 5.12. The van der Waals surface area contributed by atoms with Crippen LogP contribution in [0.5, 0.6) is 0 Å². The first-order valence-corrected chi connectivity index (χ1v) is 7.49. The molecule has 1 heterocycles. The van der Waals surface area contributed by atoms with Crippen molar-refractivity contribution < 1.29 is 9.53 Å². The fraction of sp³-hybridized carbons (Fsp3) is 0.333. The molecular formula is C15H18N2O2S. The van der Waals surface area contributed by atoms with Crippen molar-refractivity contribution in [2.24, 2.45) is 0 Å². The lowest BCUT2D eigenvalue weighted by atomic mass is 10.2. The Hall–Kier alpha value is -1.88. The Morgan fingerprint density at radius 2 is 2.20 bits per heavy atom. The summed E-state index contributed by atoms with van der Waals surface area (Å²) in [5, 5.41) is 6.11. The van der Waals surface area contributed by atoms with Crippen LogP contribution in [0.4, 0.5) is 10.8 Å². The lowest BCUT2D eigenvalue weighted by molar-refractivity contribution is -0.143. The second-order valence-electron chi connectivity index (χ2n) is 4.39. The van der Waals surface area contributed by atoms with Crippen LogP contribution in [0, 0.1) is 6.92 Å². The maximum atomic E-state index is 11.3. The van der Waals surface area contributed by atoms with Gasteiger partial charge in [0.05, 0.1) is 18.7 Å². The van der Waals surface area contributed by atoms with Gasteiger partial charge in [-0.1, -0.05) is 18.2 Å². The van der Waals surface area contributed by atoms with Gasteiger partial charge in [-0.2, -0.15) is 0 Å². The average molecular weight is 290 g/mol. The highest BCUT2D eigenvalue weighted by atomic mass is 32.1. The molecule has 0 radical (unpaired) electrons. The molecule has 1 N–H and O–H groups in total. The Bertz CT molecular complexity index is 581. The standard InChI is InChI=1S/C15H18N2O2S/c1-3-19-14(18)9-8-12-10-20-15(16-12)17-13-7-5-4-6-11(13)2/h4-7,10H,3,8-9H2,1-2H3,(H,16,17). The van der Waals surface area contributed by atoms with Crippen molar-refractivity contribution in [3.05, 3.63) is 40.9 Å². The molecule has 0 saturated heterocycles. The van der Waals surface area contributed by atoms with Crippen molar-refractivity contribution in [3.63, 3.8) is 0 Å². The lowest BCUT2D eigenvalue weighted by Crippen LogP contribution is -2.05. The quantitative estimate of drug-likeness (QED) is 0.824. The minimum absolute atomic E-state index is 0.172. The molecule has 0 aliphatic rings. The molecule has 5 heteroatoms. The van der Waals surface area contributed by atoms with E-state index in [-0.39, 0.29) is 5.97 Å². The molecule has 20 heavy (non-hydrogen) atoms. The van der Waals surface area contributed by atoms with Crippen LogP contribution < -0.4 is 5.32 Å². The molecular weight excluding hydrogens is 272 g/mol. The predicted octanol–water partition coefficient (Wildman–Crippen LogP) is 3.69. The smallest absolute Gasteiger partial charge is 0.306 e. The van der Waals surface area contributed by atoms with Gasteiger partial charge in [0.1, 0.15) is 0 Å². The van der Waals surface area contributed by atoms with Crippen LogP contribution in [-0.2, 0) is 16.0 Å². The monoisotopic (exact) mass is 290 g/mol. The number of nitrogens with zero attached hydrogens (tertiary/aromatic N) is 1. The molecule has 0 amide bonds. The zero-order valence-electron chi connectivity index (χ0n) is 11.7. The summed E-state index contributed by atoms with van der Waals surface area (Å²) in [6.45, 7) is 4.29. The highest BCUT2D eigenvalue weighted by Gasteiger charge is 2.07. The van der Waals surface area contributed by atoms with E-state index in [4.69, 9.17) is 4.74 Å². The van der Waals surface area contributed by atoms with E-state index < -0.39 is 0 Å². The van der Waals surface area contributed by atoms with Crippen molar-refractivity contribution in [2.45, 2.75) is 26.7 Å². The van der Waals surface area contributed by atoms with Gasteiger partial charge in [-0.25, -0.2) is 4.98 Å². The normalized spacial score (nSPS) is 10.3. The number of ether oxygens (including phenoxy) is 1. The number of thiazole rings is 1. The molecule has 2 aromatic rings. The molecule has 0 atom stereocenters. The first kappa shape index (κ1) is 14.5. The summed E-state index contributed by atoms with van der Waals surface area (Å²) in [7, 11) is 0. The van der Waals surface area contributed by atoms with Crippen LogP contribution in [0.15, 0.2) is 29.6 Å². The number of carbonyl (C=O) groups is 1. The number of para-hydroxylation sites is 1. The summed E-state index contributed by atoms with van der Waals surface area (Å²) in [6, 6.07) is 8.07. The first-order chi connectivity index (χ1) is 9.69. The third kappa shape index (κ3) is 4.06. The van der Waals surface area contributed by atoms with Crippen LogP contribution in [0.1, 0.15) is 24.6 Å². The number of hydrogen-bond acceptors (Lipinski definition) is 5. The number of aryl methyl sites for hydroxylation is 2. The zero-order chi connectivity index (χ0) is 14.4. The maximum absolute atomic E-state index is 11.3. The van der Waals surface area contributed by atoms with Crippen LogP contribution in [0.3, 0.4) is 0 Å². The van der Waals surface area contributed by atoms with E-state index >= 15 is 0 Å². The van der Waals surface area contributed by atoms with Gasteiger partial charge in [0, 0.05) is 17.5 Å². The molecule has 0 unspecified atom stereocenters. The van der Waals surface area contributed by atoms with Gasteiger partial charge in [0.2, 0.25) is 0 Å². The van der Waals surface area contributed by atoms with Gasteiger partial charge >= 0.3 is 5.97 Å². The molecule has 0 aliphatic carbocycles. The number of hydrogen-bond donors (Lipinski definition) is 1. The summed E-state index contributed by atoms with van der Waals surface area (Å²) in [5.74, 6) is -0.172. The Balaban J connectivity index is 1.92. The van der Waals surface area contributed by atoms with Crippen LogP contribution in [-0.4, -0.2) is 17.6 Å². The van der Waals surface area contributed by atoms with Gasteiger partial charge in [-0.15, -0.1) is 11.3 Å². The highest BCUT2D eigenvalue weighted by molar-refractivity contribution is 7.13. The highest BCUT2D eigenvalue weighted by Crippen LogP contribution is 2.23. The maximum Gasteiger partial charge on any atom is 0.306 e. The van der Waals surface area contributed by atoms with E-state index in [1.54, 1.807) is 11.3 Å². The number of anilines is 2. The van der Waals surface area contributed by atoms with Crippen LogP contribution in [0.2, 0.25) is 0 Å². The molecule has 0 aliphatic heterocycles. The molecule has 2 rings (SSSR count). The molecule has 106 valence electrons. The van der Waals surface area contributed by atoms with Gasteiger partial charge in [-0.05, 0) is 25.5 Å². The number of benzene rings is 1. The number of nitrogens with one attached hydrogen (secondary N) is 1. The van der Waals surface area contributed by atoms with E-state index in [2.05, 4.69) is 23.3 Å². The first-order valence-electron chi connectivity index (χ1n) is 6.61. The van der Waals surface area contributed by atoms with E-state index in [0.29, 0.717) is 19.4 Å². The van der Waals surface area contributed by atoms with E-state index in [1.807, 2.05) is 30.5 Å². The summed E-state index contributed by atoms with van der Waals surface area (Å²) in [6.07, 6.45) is 0.992. The molecule has 0 bridgehead atoms. The molecule has 0 saturated carbocycles. The number of esters is 1. The lowest BCUT2D eigenvalue weighted by Gasteiger charge is -2.05. The Morgan fingerprint density at radius 3 is 2.95 bits per heavy atom. The van der Waals surface area contributed by atoms with Crippen LogP contribution in [0.25, 0.3) is 0 Å². The van der Waals surface area contributed by atoms with Crippen molar-refractivity contribution in [1.82, 2.24) is 4.98 Å². The number of aromatic nitrogens is 1. The van der Waals surface area contributed by atoms with Crippen LogP contribution >= 0.6 is 11.3 Å². The fourth-order valence-electron chi connectivity index (χ4n) is 1.77. The van der Waals surface area contributed by atoms with Gasteiger partial charge in [-0.3, -0.25) is 4.79 Å². The Labute approximate surface area is 122 Å². The number of carbonyl (C=O) groups excluding carboxylic acids is 1. The SMILES string of the molecule is CCOC(=O)CCc1csc(Nc2ccccc2C)n1. The molecule has 1 aromatic carbocycles. The fourth-order valence-corrected chi connectivity index (χ4v) is 2.53. The zero-order valence-corrected chi connectivity index (χ0v) is 12.5.